The average Bonchev–Trinajstić information content (AvgIpc) is 2.51. The van der Waals surface area contributed by atoms with Gasteiger partial charge in [-0.2, -0.15) is 0 Å². The molecule has 0 aromatic heterocycles. The number of carbonyl (C=O) groups is 2. The minimum Gasteiger partial charge on any atom is -0.481 e. The molecule has 12 heavy (non-hydrogen) atoms. The maximum Gasteiger partial charge on any atom is 0.303 e. The van der Waals surface area contributed by atoms with E-state index in [1.807, 2.05) is 0 Å². The maximum absolute atomic E-state index is 11.2. The van der Waals surface area contributed by atoms with E-state index in [2.05, 4.69) is 0 Å². The predicted octanol–water partition coefficient (Wildman–Crippen LogP) is 1.16. The van der Waals surface area contributed by atoms with Gasteiger partial charge in [0.25, 0.3) is 0 Å². The Labute approximate surface area is 70.4 Å². The summed E-state index contributed by atoms with van der Waals surface area (Å²) in [6.45, 7) is 0. The Morgan fingerprint density at radius 2 is 1.75 bits per heavy atom. The predicted molar refractivity (Wildman–Crippen MR) is 43.6 cm³/mol. The molecule has 0 unspecified atom stereocenters. The van der Waals surface area contributed by atoms with Gasteiger partial charge < -0.3 is 5.11 Å². The second-order valence-electron chi connectivity index (χ2n) is 2.66. The molecular formula is C9H10O3. The molecular weight excluding hydrogens is 156 g/mol. The number of hydrogen-bond acceptors (Lipinski definition) is 2. The lowest BCUT2D eigenvalue weighted by atomic mass is 10.0. The zero-order chi connectivity index (χ0) is 8.97. The summed E-state index contributed by atoms with van der Waals surface area (Å²) in [5.74, 6) is -1.14. The molecule has 0 radical (unpaired) electrons. The summed E-state index contributed by atoms with van der Waals surface area (Å²) >= 11 is 0. The fourth-order valence-electron chi connectivity index (χ4n) is 1.04. The Balaban J connectivity index is 2.33. The van der Waals surface area contributed by atoms with Crippen molar-refractivity contribution in [1.82, 2.24) is 0 Å². The first kappa shape index (κ1) is 8.71. The molecule has 3 nitrogen and oxygen atoms in total. The molecule has 1 aliphatic carbocycles. The third-order valence-corrected chi connectivity index (χ3v) is 1.71. The molecule has 0 saturated heterocycles. The molecule has 3 heteroatoms. The second-order valence-corrected chi connectivity index (χ2v) is 2.66. The lowest BCUT2D eigenvalue weighted by Crippen LogP contribution is -2.10. The van der Waals surface area contributed by atoms with Crippen LogP contribution in [0.15, 0.2) is 24.3 Å². The zero-order valence-corrected chi connectivity index (χ0v) is 6.56. The molecule has 0 atom stereocenters. The smallest absolute Gasteiger partial charge is 0.303 e. The molecule has 1 aliphatic rings. The molecule has 64 valence electrons. The molecule has 0 bridgehead atoms. The number of Topliss-reactive ketones (excluding diaryl/α,β-unsaturated/α-hetero) is 1. The maximum atomic E-state index is 11.2. The van der Waals surface area contributed by atoms with Crippen LogP contribution in [0.5, 0.6) is 0 Å². The highest BCUT2D eigenvalue weighted by Crippen LogP contribution is 2.12. The summed E-state index contributed by atoms with van der Waals surface area (Å²) < 4.78 is 0. The first-order chi connectivity index (χ1) is 5.70. The van der Waals surface area contributed by atoms with Crippen LogP contribution in [0.4, 0.5) is 0 Å². The Kier molecular flexibility index (Phi) is 2.80. The van der Waals surface area contributed by atoms with Gasteiger partial charge in [0.05, 0.1) is 12.3 Å². The highest BCUT2D eigenvalue weighted by molar-refractivity contribution is 5.87. The van der Waals surface area contributed by atoms with Crippen molar-refractivity contribution in [2.24, 2.45) is 5.92 Å². The second kappa shape index (κ2) is 3.85. The molecule has 1 N–H and O–H groups in total. The molecule has 0 amide bonds. The van der Waals surface area contributed by atoms with Crippen LogP contribution in [0.2, 0.25) is 0 Å². The van der Waals surface area contributed by atoms with Gasteiger partial charge in [-0.05, 0) is 0 Å². The van der Waals surface area contributed by atoms with Gasteiger partial charge in [-0.15, -0.1) is 0 Å². The van der Waals surface area contributed by atoms with E-state index in [1.165, 1.54) is 0 Å². The fraction of sp³-hybridized carbons (Fsp3) is 0.333. The van der Waals surface area contributed by atoms with Crippen LogP contribution in [-0.2, 0) is 9.59 Å². The Morgan fingerprint density at radius 1 is 1.17 bits per heavy atom. The summed E-state index contributed by atoms with van der Waals surface area (Å²) in [5.41, 5.74) is 0. The van der Waals surface area contributed by atoms with Crippen molar-refractivity contribution in [3.63, 3.8) is 0 Å². The van der Waals surface area contributed by atoms with Crippen molar-refractivity contribution in [3.8, 4) is 0 Å². The van der Waals surface area contributed by atoms with Crippen LogP contribution in [0, 0.1) is 5.92 Å². The molecule has 0 spiro atoms. The van der Waals surface area contributed by atoms with Crippen molar-refractivity contribution in [1.29, 1.82) is 0 Å². The normalized spacial score (nSPS) is 15.3. The Morgan fingerprint density at radius 3 is 2.25 bits per heavy atom. The summed E-state index contributed by atoms with van der Waals surface area (Å²) in [6.07, 6.45) is 7.17. The van der Waals surface area contributed by atoms with Crippen molar-refractivity contribution in [2.75, 3.05) is 0 Å². The number of carboxylic acids is 1. The zero-order valence-electron chi connectivity index (χ0n) is 6.56. The minimum atomic E-state index is -0.922. The van der Waals surface area contributed by atoms with Crippen LogP contribution in [0.3, 0.4) is 0 Å². The summed E-state index contributed by atoms with van der Waals surface area (Å²) in [6, 6.07) is 0. The monoisotopic (exact) mass is 166 g/mol. The SMILES string of the molecule is O=C(O)CCC(=O)C1C=CC=C1. The van der Waals surface area contributed by atoms with Gasteiger partial charge in [0.2, 0.25) is 0 Å². The molecule has 0 aromatic rings. The van der Waals surface area contributed by atoms with Gasteiger partial charge in [0.15, 0.2) is 0 Å². The lowest BCUT2D eigenvalue weighted by Gasteiger charge is -2.01. The topological polar surface area (TPSA) is 54.4 Å². The molecule has 1 rings (SSSR count). The van der Waals surface area contributed by atoms with Gasteiger partial charge in [-0.1, -0.05) is 24.3 Å². The first-order valence-electron chi connectivity index (χ1n) is 3.79. The van der Waals surface area contributed by atoms with Crippen LogP contribution >= 0.6 is 0 Å². The first-order valence-corrected chi connectivity index (χ1v) is 3.79. The summed E-state index contributed by atoms with van der Waals surface area (Å²) in [7, 11) is 0. The Hall–Kier alpha value is -1.38. The number of hydrogen-bond donors (Lipinski definition) is 1. The Bertz CT molecular complexity index is 238. The van der Waals surface area contributed by atoms with Crippen LogP contribution in [0.25, 0.3) is 0 Å². The highest BCUT2D eigenvalue weighted by atomic mass is 16.4. The van der Waals surface area contributed by atoms with E-state index in [1.54, 1.807) is 24.3 Å². The van der Waals surface area contributed by atoms with Gasteiger partial charge in [0.1, 0.15) is 5.78 Å². The number of carbonyl (C=O) groups excluding carboxylic acids is 1. The van der Waals surface area contributed by atoms with Crippen molar-refractivity contribution in [2.45, 2.75) is 12.8 Å². The van der Waals surface area contributed by atoms with E-state index < -0.39 is 5.97 Å². The summed E-state index contributed by atoms with van der Waals surface area (Å²) in [5, 5.41) is 8.32. The largest absolute Gasteiger partial charge is 0.481 e. The van der Waals surface area contributed by atoms with E-state index in [0.29, 0.717) is 0 Å². The number of aliphatic carboxylic acids is 1. The van der Waals surface area contributed by atoms with E-state index >= 15 is 0 Å². The van der Waals surface area contributed by atoms with E-state index in [9.17, 15) is 9.59 Å². The molecule has 0 fully saturated rings. The third kappa shape index (κ3) is 2.34. The van der Waals surface area contributed by atoms with Crippen molar-refractivity contribution < 1.29 is 14.7 Å². The lowest BCUT2D eigenvalue weighted by molar-refractivity contribution is -0.138. The van der Waals surface area contributed by atoms with Crippen molar-refractivity contribution >= 4 is 11.8 Å². The van der Waals surface area contributed by atoms with Gasteiger partial charge >= 0.3 is 5.97 Å². The molecule has 0 saturated carbocycles. The number of rotatable bonds is 4. The standard InChI is InChI=1S/C9H10O3/c10-8(5-6-9(11)12)7-3-1-2-4-7/h1-4,7H,5-6H2,(H,11,12). The molecule has 0 heterocycles. The highest BCUT2D eigenvalue weighted by Gasteiger charge is 2.14. The van der Waals surface area contributed by atoms with Crippen LogP contribution in [-0.4, -0.2) is 16.9 Å². The minimum absolute atomic E-state index is 0.0256. The number of allylic oxidation sites excluding steroid dienone is 4. The van der Waals surface area contributed by atoms with E-state index in [-0.39, 0.29) is 24.5 Å². The van der Waals surface area contributed by atoms with Gasteiger partial charge in [-0.3, -0.25) is 9.59 Å². The fourth-order valence-corrected chi connectivity index (χ4v) is 1.04. The average molecular weight is 166 g/mol. The third-order valence-electron chi connectivity index (χ3n) is 1.71. The molecule has 0 aliphatic heterocycles. The quantitative estimate of drug-likeness (QED) is 0.681. The number of carboxylic acid groups (broad SMARTS) is 1. The van der Waals surface area contributed by atoms with E-state index in [4.69, 9.17) is 5.11 Å². The number of ketones is 1. The molecule has 0 aromatic carbocycles. The van der Waals surface area contributed by atoms with Gasteiger partial charge in [0, 0.05) is 6.42 Å². The van der Waals surface area contributed by atoms with Crippen LogP contribution in [0.1, 0.15) is 12.8 Å². The van der Waals surface area contributed by atoms with Crippen molar-refractivity contribution in [3.05, 3.63) is 24.3 Å². The van der Waals surface area contributed by atoms with E-state index in [0.717, 1.165) is 0 Å². The van der Waals surface area contributed by atoms with Gasteiger partial charge in [-0.25, -0.2) is 0 Å². The van der Waals surface area contributed by atoms with Crippen LogP contribution < -0.4 is 0 Å². The summed E-state index contributed by atoms with van der Waals surface area (Å²) in [4.78, 5) is 21.3.